The Bertz CT molecular complexity index is 390. The monoisotopic (exact) mass is 251 g/mol. The third-order valence-corrected chi connectivity index (χ3v) is 2.75. The topological polar surface area (TPSA) is 53.2 Å². The van der Waals surface area contributed by atoms with Crippen LogP contribution in [0.4, 0.5) is 14.9 Å². The molecule has 0 unspecified atom stereocenters. The van der Waals surface area contributed by atoms with E-state index in [2.05, 4.69) is 16.0 Å². The quantitative estimate of drug-likeness (QED) is 0.678. The van der Waals surface area contributed by atoms with Crippen molar-refractivity contribution in [3.8, 4) is 0 Å². The molecule has 98 valence electrons. The van der Waals surface area contributed by atoms with Crippen molar-refractivity contribution < 1.29 is 9.18 Å². The van der Waals surface area contributed by atoms with Crippen molar-refractivity contribution >= 4 is 11.7 Å². The van der Waals surface area contributed by atoms with E-state index in [1.807, 2.05) is 0 Å². The maximum Gasteiger partial charge on any atom is 0.319 e. The molecule has 5 heteroatoms. The number of carbonyl (C=O) groups is 1. The van der Waals surface area contributed by atoms with Crippen LogP contribution >= 0.6 is 0 Å². The number of hydrogen-bond acceptors (Lipinski definition) is 2. The summed E-state index contributed by atoms with van der Waals surface area (Å²) in [7, 11) is 0. The first-order chi connectivity index (χ1) is 8.74. The van der Waals surface area contributed by atoms with Gasteiger partial charge in [0.05, 0.1) is 0 Å². The molecule has 1 aromatic rings. The molecule has 0 bridgehead atoms. The van der Waals surface area contributed by atoms with Gasteiger partial charge in [0, 0.05) is 18.3 Å². The first kappa shape index (κ1) is 12.8. The number of hydrogen-bond donors (Lipinski definition) is 3. The zero-order valence-electron chi connectivity index (χ0n) is 10.2. The van der Waals surface area contributed by atoms with Gasteiger partial charge in [0.1, 0.15) is 5.82 Å². The van der Waals surface area contributed by atoms with Gasteiger partial charge in [0.2, 0.25) is 0 Å². The molecule has 0 aliphatic heterocycles. The highest BCUT2D eigenvalue weighted by Crippen LogP contribution is 2.18. The summed E-state index contributed by atoms with van der Waals surface area (Å²) in [4.78, 5) is 11.5. The van der Waals surface area contributed by atoms with Crippen molar-refractivity contribution in [1.82, 2.24) is 10.6 Å². The highest BCUT2D eigenvalue weighted by atomic mass is 19.1. The van der Waals surface area contributed by atoms with Crippen LogP contribution in [0.1, 0.15) is 19.3 Å². The van der Waals surface area contributed by atoms with Crippen LogP contribution in [-0.4, -0.2) is 25.2 Å². The Labute approximate surface area is 106 Å². The summed E-state index contributed by atoms with van der Waals surface area (Å²) in [5.74, 6) is -0.313. The predicted molar refractivity (Wildman–Crippen MR) is 69.1 cm³/mol. The molecule has 0 atom stereocenters. The summed E-state index contributed by atoms with van der Waals surface area (Å²) in [5.41, 5.74) is 0.588. The molecule has 1 saturated carbocycles. The van der Waals surface area contributed by atoms with Gasteiger partial charge in [0.25, 0.3) is 0 Å². The average molecular weight is 251 g/mol. The normalized spacial score (nSPS) is 14.3. The molecule has 2 rings (SSSR count). The zero-order valence-corrected chi connectivity index (χ0v) is 10.2. The number of urea groups is 1. The van der Waals surface area contributed by atoms with Crippen molar-refractivity contribution in [2.75, 3.05) is 18.4 Å². The highest BCUT2D eigenvalue weighted by molar-refractivity contribution is 5.89. The lowest BCUT2D eigenvalue weighted by Gasteiger charge is -2.07. The van der Waals surface area contributed by atoms with Crippen LogP contribution in [0.5, 0.6) is 0 Å². The second-order valence-electron chi connectivity index (χ2n) is 4.47. The van der Waals surface area contributed by atoms with Gasteiger partial charge in [-0.15, -0.1) is 0 Å². The first-order valence-electron chi connectivity index (χ1n) is 6.28. The van der Waals surface area contributed by atoms with Gasteiger partial charge >= 0.3 is 6.03 Å². The summed E-state index contributed by atoms with van der Waals surface area (Å²) in [6.45, 7) is 1.56. The first-order valence-corrected chi connectivity index (χ1v) is 6.28. The largest absolute Gasteiger partial charge is 0.338 e. The van der Waals surface area contributed by atoms with Gasteiger partial charge in [-0.1, -0.05) is 0 Å². The Kier molecular flexibility index (Phi) is 4.52. The van der Waals surface area contributed by atoms with E-state index in [-0.39, 0.29) is 11.8 Å². The minimum Gasteiger partial charge on any atom is -0.338 e. The lowest BCUT2D eigenvalue weighted by Crippen LogP contribution is -2.31. The second kappa shape index (κ2) is 6.35. The Morgan fingerprint density at radius 1 is 1.22 bits per heavy atom. The maximum atomic E-state index is 12.6. The fourth-order valence-electron chi connectivity index (χ4n) is 1.59. The van der Waals surface area contributed by atoms with Gasteiger partial charge in [-0.3, -0.25) is 0 Å². The number of nitrogens with one attached hydrogen (secondary N) is 3. The minimum absolute atomic E-state index is 0.256. The Hall–Kier alpha value is -1.62. The van der Waals surface area contributed by atoms with E-state index >= 15 is 0 Å². The number of halogens is 1. The average Bonchev–Trinajstić information content (AvgIpc) is 3.16. The Morgan fingerprint density at radius 3 is 2.61 bits per heavy atom. The van der Waals surface area contributed by atoms with E-state index in [9.17, 15) is 9.18 Å². The molecule has 4 nitrogen and oxygen atoms in total. The molecule has 1 aliphatic carbocycles. The molecule has 3 N–H and O–H groups in total. The number of benzene rings is 1. The van der Waals surface area contributed by atoms with Crippen LogP contribution in [0.15, 0.2) is 24.3 Å². The summed E-state index contributed by atoms with van der Waals surface area (Å²) in [6, 6.07) is 6.14. The number of rotatable bonds is 6. The molecule has 0 radical (unpaired) electrons. The summed E-state index contributed by atoms with van der Waals surface area (Å²) < 4.78 is 12.6. The van der Waals surface area contributed by atoms with Gasteiger partial charge in [-0.25, -0.2) is 9.18 Å². The molecule has 1 aromatic carbocycles. The van der Waals surface area contributed by atoms with Crippen molar-refractivity contribution in [1.29, 1.82) is 0 Å². The molecule has 2 amide bonds. The van der Waals surface area contributed by atoms with Crippen LogP contribution in [0.2, 0.25) is 0 Å². The summed E-state index contributed by atoms with van der Waals surface area (Å²) in [5, 5.41) is 8.77. The van der Waals surface area contributed by atoms with E-state index in [1.54, 1.807) is 0 Å². The van der Waals surface area contributed by atoms with Crippen molar-refractivity contribution in [3.05, 3.63) is 30.1 Å². The fraction of sp³-hybridized carbons (Fsp3) is 0.462. The molecule has 18 heavy (non-hydrogen) atoms. The summed E-state index contributed by atoms with van der Waals surface area (Å²) in [6.07, 6.45) is 3.46. The van der Waals surface area contributed by atoms with Crippen LogP contribution in [0, 0.1) is 5.82 Å². The number of anilines is 1. The standard InChI is InChI=1S/C13H18FN3O/c14-10-2-4-12(5-3-10)17-13(18)16-9-1-8-15-11-6-7-11/h2-5,11,15H,1,6-9H2,(H2,16,17,18). The third-order valence-electron chi connectivity index (χ3n) is 2.75. The van der Waals surface area contributed by atoms with Gasteiger partial charge in [0.15, 0.2) is 0 Å². The number of carbonyl (C=O) groups excluding carboxylic acids is 1. The van der Waals surface area contributed by atoms with Crippen LogP contribution in [-0.2, 0) is 0 Å². The highest BCUT2D eigenvalue weighted by Gasteiger charge is 2.19. The molecule has 0 saturated heterocycles. The van der Waals surface area contributed by atoms with Crippen LogP contribution < -0.4 is 16.0 Å². The Balaban J connectivity index is 1.57. The molecule has 0 aromatic heterocycles. The molecule has 1 fully saturated rings. The van der Waals surface area contributed by atoms with E-state index < -0.39 is 0 Å². The zero-order chi connectivity index (χ0) is 12.8. The van der Waals surface area contributed by atoms with Gasteiger partial charge in [-0.2, -0.15) is 0 Å². The Morgan fingerprint density at radius 2 is 1.94 bits per heavy atom. The van der Waals surface area contributed by atoms with Crippen LogP contribution in [0.3, 0.4) is 0 Å². The molecule has 1 aliphatic rings. The van der Waals surface area contributed by atoms with Crippen molar-refractivity contribution in [2.45, 2.75) is 25.3 Å². The predicted octanol–water partition coefficient (Wildman–Crippen LogP) is 2.09. The van der Waals surface area contributed by atoms with Gasteiger partial charge in [-0.05, 0) is 50.1 Å². The SMILES string of the molecule is O=C(NCCCNC1CC1)Nc1ccc(F)cc1. The third kappa shape index (κ3) is 4.71. The maximum absolute atomic E-state index is 12.6. The molecule has 0 heterocycles. The summed E-state index contributed by atoms with van der Waals surface area (Å²) >= 11 is 0. The van der Waals surface area contributed by atoms with Crippen molar-refractivity contribution in [2.24, 2.45) is 0 Å². The fourth-order valence-corrected chi connectivity index (χ4v) is 1.59. The van der Waals surface area contributed by atoms with E-state index in [0.717, 1.165) is 13.0 Å². The molecular formula is C13H18FN3O. The van der Waals surface area contributed by atoms with E-state index in [4.69, 9.17) is 0 Å². The van der Waals surface area contributed by atoms with E-state index in [0.29, 0.717) is 18.3 Å². The van der Waals surface area contributed by atoms with Crippen LogP contribution in [0.25, 0.3) is 0 Å². The van der Waals surface area contributed by atoms with Gasteiger partial charge < -0.3 is 16.0 Å². The number of amides is 2. The lowest BCUT2D eigenvalue weighted by atomic mass is 10.3. The second-order valence-corrected chi connectivity index (χ2v) is 4.47. The smallest absolute Gasteiger partial charge is 0.319 e. The minimum atomic E-state index is -0.313. The van der Waals surface area contributed by atoms with E-state index in [1.165, 1.54) is 37.1 Å². The molecular weight excluding hydrogens is 233 g/mol. The van der Waals surface area contributed by atoms with Crippen molar-refractivity contribution in [3.63, 3.8) is 0 Å². The molecule has 0 spiro atoms. The lowest BCUT2D eigenvalue weighted by molar-refractivity contribution is 0.252.